The van der Waals surface area contributed by atoms with E-state index < -0.39 is 5.91 Å². The van der Waals surface area contributed by atoms with Crippen molar-refractivity contribution in [2.45, 2.75) is 6.42 Å². The molecule has 6 nitrogen and oxygen atoms in total. The lowest BCUT2D eigenvalue weighted by atomic mass is 9.63. The molecular weight excluding hydrogens is 368 g/mol. The van der Waals surface area contributed by atoms with Gasteiger partial charge in [-0.25, -0.2) is 0 Å². The van der Waals surface area contributed by atoms with Gasteiger partial charge in [0.25, 0.3) is 0 Å². The van der Waals surface area contributed by atoms with Gasteiger partial charge >= 0.3 is 0 Å². The Balaban J connectivity index is 1.33. The molecule has 6 rings (SSSR count). The highest BCUT2D eigenvalue weighted by Gasteiger charge is 2.67. The number of nitrogens with one attached hydrogen (secondary N) is 1. The Bertz CT molecular complexity index is 862. The number of nitrogens with zero attached hydrogens (tertiary/aromatic N) is 1. The molecule has 1 heterocycles. The number of amides is 3. The molecule has 4 aliphatic carbocycles. The number of methoxy groups -OCH3 is 1. The van der Waals surface area contributed by atoms with Crippen molar-refractivity contribution < 1.29 is 19.1 Å². The topological polar surface area (TPSA) is 75.7 Å². The Labute approximate surface area is 161 Å². The van der Waals surface area contributed by atoms with Gasteiger partial charge in [0, 0.05) is 5.02 Å². The van der Waals surface area contributed by atoms with Gasteiger partial charge in [0.05, 0.1) is 24.6 Å². The maximum atomic E-state index is 12.9. The van der Waals surface area contributed by atoms with Crippen molar-refractivity contribution in [1.29, 1.82) is 0 Å². The molecule has 6 atom stereocenters. The summed E-state index contributed by atoms with van der Waals surface area (Å²) < 4.78 is 5.21. The monoisotopic (exact) mass is 386 g/mol. The van der Waals surface area contributed by atoms with Gasteiger partial charge in [-0.1, -0.05) is 23.8 Å². The van der Waals surface area contributed by atoms with Crippen LogP contribution in [0, 0.1) is 35.5 Å². The number of carbonyl (C=O) groups excluding carboxylic acids is 3. The van der Waals surface area contributed by atoms with E-state index in [0.717, 1.165) is 11.3 Å². The molecule has 7 heteroatoms. The number of benzene rings is 1. The third-order valence-electron chi connectivity index (χ3n) is 6.49. The number of ether oxygens (including phenoxy) is 1. The Morgan fingerprint density at radius 1 is 1.19 bits per heavy atom. The molecule has 2 saturated carbocycles. The lowest BCUT2D eigenvalue weighted by Crippen LogP contribution is -2.40. The number of carbonyl (C=O) groups is 3. The average Bonchev–Trinajstić information content (AvgIpc) is 3.43. The summed E-state index contributed by atoms with van der Waals surface area (Å²) in [6, 6.07) is 4.88. The summed E-state index contributed by atoms with van der Waals surface area (Å²) in [7, 11) is 1.49. The van der Waals surface area contributed by atoms with E-state index in [-0.39, 0.29) is 42.0 Å². The van der Waals surface area contributed by atoms with Gasteiger partial charge in [-0.3, -0.25) is 19.3 Å². The first kappa shape index (κ1) is 16.8. The number of imide groups is 1. The number of hydrogen-bond donors (Lipinski definition) is 1. The van der Waals surface area contributed by atoms with Crippen LogP contribution in [0.25, 0.3) is 0 Å². The van der Waals surface area contributed by atoms with E-state index in [2.05, 4.69) is 17.5 Å². The molecule has 1 aliphatic heterocycles. The predicted octanol–water partition coefficient (Wildman–Crippen LogP) is 2.34. The molecular formula is C20H19ClN2O4. The minimum Gasteiger partial charge on any atom is -0.495 e. The number of anilines is 1. The number of likely N-dealkylation sites (tertiary alicyclic amines) is 1. The van der Waals surface area contributed by atoms with Gasteiger partial charge in [-0.05, 0) is 48.3 Å². The van der Waals surface area contributed by atoms with E-state index in [1.54, 1.807) is 18.2 Å². The van der Waals surface area contributed by atoms with Crippen molar-refractivity contribution >= 4 is 35.0 Å². The van der Waals surface area contributed by atoms with Gasteiger partial charge in [0.2, 0.25) is 17.7 Å². The Hall–Kier alpha value is -2.34. The molecule has 3 fully saturated rings. The van der Waals surface area contributed by atoms with Crippen LogP contribution < -0.4 is 10.1 Å². The van der Waals surface area contributed by atoms with Crippen LogP contribution in [0.15, 0.2) is 30.4 Å². The van der Waals surface area contributed by atoms with E-state index in [1.165, 1.54) is 7.11 Å². The highest BCUT2D eigenvalue weighted by molar-refractivity contribution is 6.31. The molecule has 140 valence electrons. The third kappa shape index (κ3) is 2.42. The lowest BCUT2D eigenvalue weighted by Gasteiger charge is -2.37. The van der Waals surface area contributed by atoms with E-state index in [4.69, 9.17) is 16.3 Å². The maximum absolute atomic E-state index is 12.9. The molecule has 1 saturated heterocycles. The molecule has 0 unspecified atom stereocenters. The summed E-state index contributed by atoms with van der Waals surface area (Å²) in [5, 5.41) is 3.15. The highest BCUT2D eigenvalue weighted by Crippen LogP contribution is 2.65. The summed E-state index contributed by atoms with van der Waals surface area (Å²) >= 11 is 5.98. The zero-order chi connectivity index (χ0) is 18.9. The quantitative estimate of drug-likeness (QED) is 0.636. The molecule has 3 amide bonds. The lowest BCUT2D eigenvalue weighted by molar-refractivity contribution is -0.142. The summed E-state index contributed by atoms with van der Waals surface area (Å²) in [6.07, 6.45) is 5.35. The zero-order valence-corrected chi connectivity index (χ0v) is 15.5. The fraction of sp³-hybridized carbons (Fsp3) is 0.450. The largest absolute Gasteiger partial charge is 0.495 e. The zero-order valence-electron chi connectivity index (χ0n) is 14.7. The molecule has 1 aromatic carbocycles. The Kier molecular flexibility index (Phi) is 3.63. The van der Waals surface area contributed by atoms with Gasteiger partial charge in [-0.2, -0.15) is 0 Å². The maximum Gasteiger partial charge on any atom is 0.244 e. The van der Waals surface area contributed by atoms with Crippen LogP contribution in [0.4, 0.5) is 5.69 Å². The first-order valence-corrected chi connectivity index (χ1v) is 9.54. The van der Waals surface area contributed by atoms with Crippen LogP contribution in [-0.4, -0.2) is 36.3 Å². The van der Waals surface area contributed by atoms with Crippen molar-refractivity contribution in [3.8, 4) is 5.75 Å². The first-order valence-electron chi connectivity index (χ1n) is 9.16. The van der Waals surface area contributed by atoms with Crippen LogP contribution in [0.3, 0.4) is 0 Å². The van der Waals surface area contributed by atoms with Crippen molar-refractivity contribution in [3.63, 3.8) is 0 Å². The van der Waals surface area contributed by atoms with Gasteiger partial charge in [-0.15, -0.1) is 0 Å². The van der Waals surface area contributed by atoms with Crippen molar-refractivity contribution in [1.82, 2.24) is 4.90 Å². The molecule has 0 spiro atoms. The van der Waals surface area contributed by atoms with Gasteiger partial charge in [0.1, 0.15) is 12.3 Å². The predicted molar refractivity (Wildman–Crippen MR) is 98.1 cm³/mol. The fourth-order valence-corrected chi connectivity index (χ4v) is 5.46. The second-order valence-corrected chi connectivity index (χ2v) is 8.25. The normalized spacial score (nSPS) is 35.1. The van der Waals surface area contributed by atoms with E-state index in [9.17, 15) is 14.4 Å². The number of allylic oxidation sites excluding steroid dienone is 2. The van der Waals surface area contributed by atoms with Crippen LogP contribution in [0.5, 0.6) is 5.75 Å². The van der Waals surface area contributed by atoms with Crippen LogP contribution in [-0.2, 0) is 14.4 Å². The second kappa shape index (κ2) is 5.83. The van der Waals surface area contributed by atoms with Crippen LogP contribution in [0.2, 0.25) is 5.02 Å². The van der Waals surface area contributed by atoms with Gasteiger partial charge < -0.3 is 10.1 Å². The molecule has 0 radical (unpaired) electrons. The smallest absolute Gasteiger partial charge is 0.244 e. The van der Waals surface area contributed by atoms with E-state index in [0.29, 0.717) is 28.3 Å². The minimum absolute atomic E-state index is 0.155. The van der Waals surface area contributed by atoms with Crippen molar-refractivity contribution in [3.05, 3.63) is 35.4 Å². The summed E-state index contributed by atoms with van der Waals surface area (Å²) in [4.78, 5) is 39.5. The fourth-order valence-electron chi connectivity index (χ4n) is 5.29. The van der Waals surface area contributed by atoms with E-state index in [1.807, 2.05) is 0 Å². The second-order valence-electron chi connectivity index (χ2n) is 7.81. The highest BCUT2D eigenvalue weighted by atomic mass is 35.5. The summed E-state index contributed by atoms with van der Waals surface area (Å²) in [5.74, 6) is 0.430. The Morgan fingerprint density at radius 3 is 2.41 bits per heavy atom. The van der Waals surface area contributed by atoms with Crippen molar-refractivity contribution in [2.75, 3.05) is 19.0 Å². The average molecular weight is 387 g/mol. The molecule has 27 heavy (non-hydrogen) atoms. The number of rotatable bonds is 4. The number of hydrogen-bond acceptors (Lipinski definition) is 4. The third-order valence-corrected chi connectivity index (χ3v) is 6.73. The molecule has 5 aliphatic rings. The van der Waals surface area contributed by atoms with Crippen LogP contribution in [0.1, 0.15) is 6.42 Å². The van der Waals surface area contributed by atoms with Gasteiger partial charge in [0.15, 0.2) is 0 Å². The molecule has 0 aromatic heterocycles. The number of halogens is 1. The standard InChI is InChI=1S/C20H19ClN2O4/c1-27-15-5-2-9(21)6-14(15)22-16(24)8-23-19(25)17-10-3-4-11(13-7-12(10)13)18(17)20(23)26/h2-6,10-13,17-18H,7-8H2,1H3,(H,22,24)/t10-,11+,12-,13-,17+,18+/m1/s1. The summed E-state index contributed by atoms with van der Waals surface area (Å²) in [6.45, 7) is -0.283. The van der Waals surface area contributed by atoms with E-state index >= 15 is 0 Å². The van der Waals surface area contributed by atoms with Crippen molar-refractivity contribution in [2.24, 2.45) is 35.5 Å². The summed E-state index contributed by atoms with van der Waals surface area (Å²) in [5.41, 5.74) is 0.412. The van der Waals surface area contributed by atoms with Crippen LogP contribution >= 0.6 is 11.6 Å². The molecule has 1 aromatic rings. The Morgan fingerprint density at radius 2 is 1.81 bits per heavy atom. The SMILES string of the molecule is COc1ccc(Cl)cc1NC(=O)CN1C(=O)[C@H]2[C@@H]3C=C[C@@H]([C@H]4C[C@H]34)[C@@H]2C1=O. The molecule has 2 bridgehead atoms. The minimum atomic E-state index is -0.443. The molecule has 1 N–H and O–H groups in total. The first-order chi connectivity index (χ1) is 13.0.